The average molecular weight is 187 g/mol. The topological polar surface area (TPSA) is 4.93 Å². The van der Waals surface area contributed by atoms with E-state index in [1.165, 1.54) is 22.9 Å². The van der Waals surface area contributed by atoms with Gasteiger partial charge in [-0.1, -0.05) is 19.9 Å². The van der Waals surface area contributed by atoms with Gasteiger partial charge in [-0.25, -0.2) is 0 Å². The van der Waals surface area contributed by atoms with Crippen LogP contribution in [0.5, 0.6) is 0 Å². The molecule has 1 heterocycles. The van der Waals surface area contributed by atoms with E-state index in [4.69, 9.17) is 0 Å². The number of fused-ring (bicyclic) bond motifs is 1. The molecule has 2 aromatic rings. The average Bonchev–Trinajstić information content (AvgIpc) is 2.59. The van der Waals surface area contributed by atoms with Gasteiger partial charge in [0.1, 0.15) is 0 Å². The Labute approximate surface area is 85.4 Å². The SMILES string of the molecule is CCC(C)c1ccc2c(ccn2C)c1. The van der Waals surface area contributed by atoms with Gasteiger partial charge in [0.2, 0.25) is 0 Å². The van der Waals surface area contributed by atoms with E-state index in [9.17, 15) is 0 Å². The van der Waals surface area contributed by atoms with Gasteiger partial charge in [0.05, 0.1) is 0 Å². The lowest BCUT2D eigenvalue weighted by Crippen LogP contribution is -1.91. The summed E-state index contributed by atoms with van der Waals surface area (Å²) in [5.41, 5.74) is 2.77. The zero-order chi connectivity index (χ0) is 10.1. The summed E-state index contributed by atoms with van der Waals surface area (Å²) in [5, 5.41) is 1.35. The molecule has 0 bridgehead atoms. The van der Waals surface area contributed by atoms with Crippen molar-refractivity contribution in [2.24, 2.45) is 7.05 Å². The van der Waals surface area contributed by atoms with E-state index >= 15 is 0 Å². The molecule has 1 atom stereocenters. The van der Waals surface area contributed by atoms with Crippen LogP contribution in [0.2, 0.25) is 0 Å². The molecule has 2 rings (SSSR count). The summed E-state index contributed by atoms with van der Waals surface area (Å²) in [5.74, 6) is 0.666. The quantitative estimate of drug-likeness (QED) is 0.675. The molecule has 0 saturated carbocycles. The molecular formula is C13H17N. The van der Waals surface area contributed by atoms with Gasteiger partial charge in [-0.05, 0) is 41.5 Å². The zero-order valence-electron chi connectivity index (χ0n) is 9.12. The first kappa shape index (κ1) is 9.32. The second-order valence-corrected chi connectivity index (χ2v) is 4.05. The van der Waals surface area contributed by atoms with Gasteiger partial charge in [-0.2, -0.15) is 0 Å². The molecule has 0 aliphatic rings. The fraction of sp³-hybridized carbons (Fsp3) is 0.385. The van der Waals surface area contributed by atoms with Crippen molar-refractivity contribution in [1.82, 2.24) is 4.57 Å². The number of benzene rings is 1. The Kier molecular flexibility index (Phi) is 2.32. The lowest BCUT2D eigenvalue weighted by Gasteiger charge is -2.08. The molecule has 0 amide bonds. The van der Waals surface area contributed by atoms with Crippen molar-refractivity contribution in [3.05, 3.63) is 36.0 Å². The highest BCUT2D eigenvalue weighted by atomic mass is 14.9. The van der Waals surface area contributed by atoms with Gasteiger partial charge in [0.15, 0.2) is 0 Å². The molecule has 1 heteroatoms. The van der Waals surface area contributed by atoms with Crippen LogP contribution in [0.1, 0.15) is 31.7 Å². The third kappa shape index (κ3) is 1.43. The molecule has 1 nitrogen and oxygen atoms in total. The lowest BCUT2D eigenvalue weighted by molar-refractivity contribution is 0.734. The van der Waals surface area contributed by atoms with E-state index in [1.807, 2.05) is 0 Å². The highest BCUT2D eigenvalue weighted by Gasteiger charge is 2.04. The summed E-state index contributed by atoms with van der Waals surface area (Å²) in [7, 11) is 2.09. The predicted octanol–water partition coefficient (Wildman–Crippen LogP) is 3.69. The van der Waals surface area contributed by atoms with E-state index in [2.05, 4.69) is 55.9 Å². The summed E-state index contributed by atoms with van der Waals surface area (Å²) in [4.78, 5) is 0. The van der Waals surface area contributed by atoms with Crippen molar-refractivity contribution in [2.75, 3.05) is 0 Å². The number of aromatic nitrogens is 1. The van der Waals surface area contributed by atoms with E-state index in [0.717, 1.165) is 0 Å². The number of rotatable bonds is 2. The van der Waals surface area contributed by atoms with Gasteiger partial charge in [0.25, 0.3) is 0 Å². The maximum atomic E-state index is 2.31. The maximum absolute atomic E-state index is 2.31. The van der Waals surface area contributed by atoms with Crippen LogP contribution in [-0.4, -0.2) is 4.57 Å². The van der Waals surface area contributed by atoms with Crippen molar-refractivity contribution < 1.29 is 0 Å². The minimum absolute atomic E-state index is 0.666. The first-order valence-electron chi connectivity index (χ1n) is 5.27. The Morgan fingerprint density at radius 1 is 1.29 bits per heavy atom. The third-order valence-electron chi connectivity index (χ3n) is 3.09. The largest absolute Gasteiger partial charge is 0.351 e. The van der Waals surface area contributed by atoms with Crippen molar-refractivity contribution in [3.8, 4) is 0 Å². The highest BCUT2D eigenvalue weighted by molar-refractivity contribution is 5.80. The molecule has 0 saturated heterocycles. The van der Waals surface area contributed by atoms with Crippen LogP contribution in [0, 0.1) is 0 Å². The number of aryl methyl sites for hydroxylation is 1. The van der Waals surface area contributed by atoms with E-state index < -0.39 is 0 Å². The van der Waals surface area contributed by atoms with Crippen LogP contribution in [0.3, 0.4) is 0 Å². The van der Waals surface area contributed by atoms with Crippen LogP contribution in [0.25, 0.3) is 10.9 Å². The van der Waals surface area contributed by atoms with Gasteiger partial charge >= 0.3 is 0 Å². The molecule has 14 heavy (non-hydrogen) atoms. The number of nitrogens with zero attached hydrogens (tertiary/aromatic N) is 1. The van der Waals surface area contributed by atoms with Crippen molar-refractivity contribution in [1.29, 1.82) is 0 Å². The van der Waals surface area contributed by atoms with Gasteiger partial charge in [-0.15, -0.1) is 0 Å². The number of hydrogen-bond acceptors (Lipinski definition) is 0. The second-order valence-electron chi connectivity index (χ2n) is 4.05. The summed E-state index contributed by atoms with van der Waals surface area (Å²) < 4.78 is 2.16. The zero-order valence-corrected chi connectivity index (χ0v) is 9.12. The Bertz CT molecular complexity index is 439. The summed E-state index contributed by atoms with van der Waals surface area (Å²) >= 11 is 0. The molecule has 1 aromatic carbocycles. The van der Waals surface area contributed by atoms with Crippen molar-refractivity contribution in [3.63, 3.8) is 0 Å². The van der Waals surface area contributed by atoms with E-state index in [0.29, 0.717) is 5.92 Å². The minimum Gasteiger partial charge on any atom is -0.351 e. The normalized spacial score (nSPS) is 13.4. The first-order valence-corrected chi connectivity index (χ1v) is 5.27. The predicted molar refractivity (Wildman–Crippen MR) is 61.6 cm³/mol. The lowest BCUT2D eigenvalue weighted by atomic mass is 9.98. The van der Waals surface area contributed by atoms with Gasteiger partial charge < -0.3 is 4.57 Å². The van der Waals surface area contributed by atoms with Crippen LogP contribution >= 0.6 is 0 Å². The van der Waals surface area contributed by atoms with Crippen LogP contribution < -0.4 is 0 Å². The molecule has 0 fully saturated rings. The standard InChI is InChI=1S/C13H17N/c1-4-10(2)11-5-6-13-12(9-11)7-8-14(13)3/h5-10H,4H2,1-3H3. The molecule has 0 aliphatic heterocycles. The van der Waals surface area contributed by atoms with E-state index in [-0.39, 0.29) is 0 Å². The Hall–Kier alpha value is -1.24. The molecule has 74 valence electrons. The fourth-order valence-corrected chi connectivity index (χ4v) is 1.84. The third-order valence-corrected chi connectivity index (χ3v) is 3.09. The molecule has 0 aliphatic carbocycles. The highest BCUT2D eigenvalue weighted by Crippen LogP contribution is 2.23. The molecule has 0 N–H and O–H groups in total. The Morgan fingerprint density at radius 3 is 2.79 bits per heavy atom. The van der Waals surface area contributed by atoms with Crippen LogP contribution in [0.15, 0.2) is 30.5 Å². The van der Waals surface area contributed by atoms with Crippen molar-refractivity contribution in [2.45, 2.75) is 26.2 Å². The van der Waals surface area contributed by atoms with Crippen LogP contribution in [0.4, 0.5) is 0 Å². The maximum Gasteiger partial charge on any atom is 0.0477 e. The number of hydrogen-bond donors (Lipinski definition) is 0. The fourth-order valence-electron chi connectivity index (χ4n) is 1.84. The molecule has 1 unspecified atom stereocenters. The molecule has 0 spiro atoms. The second kappa shape index (κ2) is 3.49. The first-order chi connectivity index (χ1) is 6.72. The molecular weight excluding hydrogens is 170 g/mol. The summed E-state index contributed by atoms with van der Waals surface area (Å²) in [6.07, 6.45) is 3.32. The monoisotopic (exact) mass is 187 g/mol. The molecule has 0 radical (unpaired) electrons. The van der Waals surface area contributed by atoms with Gasteiger partial charge in [-0.3, -0.25) is 0 Å². The van der Waals surface area contributed by atoms with Crippen LogP contribution in [-0.2, 0) is 7.05 Å². The van der Waals surface area contributed by atoms with E-state index in [1.54, 1.807) is 0 Å². The Morgan fingerprint density at radius 2 is 2.07 bits per heavy atom. The van der Waals surface area contributed by atoms with Gasteiger partial charge in [0, 0.05) is 18.8 Å². The summed E-state index contributed by atoms with van der Waals surface area (Å²) in [6, 6.07) is 8.96. The molecule has 1 aromatic heterocycles. The summed E-state index contributed by atoms with van der Waals surface area (Å²) in [6.45, 7) is 4.52. The Balaban J connectivity index is 2.52. The smallest absolute Gasteiger partial charge is 0.0477 e. The minimum atomic E-state index is 0.666. The van der Waals surface area contributed by atoms with Crippen molar-refractivity contribution >= 4 is 10.9 Å².